The van der Waals surface area contributed by atoms with E-state index in [-0.39, 0.29) is 29.1 Å². The van der Waals surface area contributed by atoms with Crippen molar-refractivity contribution in [3.05, 3.63) is 0 Å². The van der Waals surface area contributed by atoms with Crippen molar-refractivity contribution < 1.29 is 15.3 Å². The van der Waals surface area contributed by atoms with Gasteiger partial charge in [-0.2, -0.15) is 0 Å². The molecule has 0 amide bonds. The van der Waals surface area contributed by atoms with Crippen LogP contribution in [0.15, 0.2) is 0 Å². The molecule has 12 atom stereocenters. The van der Waals surface area contributed by atoms with Gasteiger partial charge in [-0.25, -0.2) is 0 Å². The van der Waals surface area contributed by atoms with Crippen molar-refractivity contribution in [2.24, 2.45) is 52.3 Å². The first kappa shape index (κ1) is 23.1. The Balaban J connectivity index is 1.68. The standard InChI is InChI=1S/C27H48O3/c1-6-8-9-16(3)19-10-11-20-24-22(15-23(29)27(19,20)5)26(4)13-12-17(28)14-21(26)18(7-2)25(24)30/h16-25,28-30H,6-15H2,1-5H3. The summed E-state index contributed by atoms with van der Waals surface area (Å²) in [7, 11) is 0. The van der Waals surface area contributed by atoms with E-state index in [9.17, 15) is 15.3 Å². The molecule has 0 bridgehead atoms. The highest BCUT2D eigenvalue weighted by molar-refractivity contribution is 5.15. The van der Waals surface area contributed by atoms with Crippen molar-refractivity contribution in [3.63, 3.8) is 0 Å². The Bertz CT molecular complexity index is 607. The summed E-state index contributed by atoms with van der Waals surface area (Å²) in [5.41, 5.74) is 0.100. The van der Waals surface area contributed by atoms with Gasteiger partial charge in [0.05, 0.1) is 18.3 Å². The number of aliphatic hydroxyl groups is 3. The summed E-state index contributed by atoms with van der Waals surface area (Å²) in [6.07, 6.45) is 10.1. The van der Waals surface area contributed by atoms with Crippen LogP contribution in [0.4, 0.5) is 0 Å². The predicted molar refractivity (Wildman–Crippen MR) is 122 cm³/mol. The van der Waals surface area contributed by atoms with Crippen LogP contribution in [0.25, 0.3) is 0 Å². The van der Waals surface area contributed by atoms with E-state index in [2.05, 4.69) is 34.6 Å². The van der Waals surface area contributed by atoms with E-state index in [1.54, 1.807) is 0 Å². The van der Waals surface area contributed by atoms with Gasteiger partial charge in [0.1, 0.15) is 0 Å². The molecule has 174 valence electrons. The Hall–Kier alpha value is -0.120. The zero-order chi connectivity index (χ0) is 21.8. The lowest BCUT2D eigenvalue weighted by Crippen LogP contribution is -2.65. The third-order valence-electron chi connectivity index (χ3n) is 11.3. The van der Waals surface area contributed by atoms with Crippen LogP contribution in [0.2, 0.25) is 0 Å². The number of hydrogen-bond donors (Lipinski definition) is 3. The molecule has 0 radical (unpaired) electrons. The Morgan fingerprint density at radius 2 is 1.67 bits per heavy atom. The van der Waals surface area contributed by atoms with Crippen molar-refractivity contribution in [2.45, 2.75) is 117 Å². The van der Waals surface area contributed by atoms with Crippen molar-refractivity contribution in [3.8, 4) is 0 Å². The van der Waals surface area contributed by atoms with E-state index in [0.29, 0.717) is 41.4 Å². The van der Waals surface area contributed by atoms with E-state index in [4.69, 9.17) is 0 Å². The quantitative estimate of drug-likeness (QED) is 0.557. The minimum Gasteiger partial charge on any atom is -0.393 e. The van der Waals surface area contributed by atoms with Crippen molar-refractivity contribution >= 4 is 0 Å². The van der Waals surface area contributed by atoms with Crippen LogP contribution < -0.4 is 0 Å². The maximum atomic E-state index is 11.8. The minimum absolute atomic E-state index is 0.0506. The topological polar surface area (TPSA) is 60.7 Å². The molecule has 0 saturated heterocycles. The van der Waals surface area contributed by atoms with Crippen LogP contribution in [0.1, 0.15) is 98.8 Å². The van der Waals surface area contributed by atoms with E-state index in [1.165, 1.54) is 32.1 Å². The third-order valence-corrected chi connectivity index (χ3v) is 11.3. The number of hydrogen-bond acceptors (Lipinski definition) is 3. The Kier molecular flexibility index (Phi) is 6.41. The lowest BCUT2D eigenvalue weighted by molar-refractivity contribution is -0.228. The van der Waals surface area contributed by atoms with Crippen LogP contribution in [-0.2, 0) is 0 Å². The van der Waals surface area contributed by atoms with Gasteiger partial charge in [0, 0.05) is 0 Å². The third kappa shape index (κ3) is 3.24. The molecule has 4 saturated carbocycles. The van der Waals surface area contributed by atoms with E-state index in [0.717, 1.165) is 32.1 Å². The summed E-state index contributed by atoms with van der Waals surface area (Å²) < 4.78 is 0. The van der Waals surface area contributed by atoms with Gasteiger partial charge in [-0.3, -0.25) is 0 Å². The second-order valence-electron chi connectivity index (χ2n) is 12.3. The smallest absolute Gasteiger partial charge is 0.0605 e. The average Bonchev–Trinajstić information content (AvgIpc) is 3.07. The van der Waals surface area contributed by atoms with Crippen LogP contribution in [0.3, 0.4) is 0 Å². The van der Waals surface area contributed by atoms with Gasteiger partial charge in [-0.15, -0.1) is 0 Å². The molecular weight excluding hydrogens is 372 g/mol. The molecule has 4 rings (SSSR count). The number of rotatable bonds is 5. The monoisotopic (exact) mass is 420 g/mol. The lowest BCUT2D eigenvalue weighted by atomic mass is 9.41. The van der Waals surface area contributed by atoms with Gasteiger partial charge in [0.15, 0.2) is 0 Å². The van der Waals surface area contributed by atoms with Crippen LogP contribution >= 0.6 is 0 Å². The van der Waals surface area contributed by atoms with E-state index < -0.39 is 0 Å². The first-order chi connectivity index (χ1) is 14.2. The summed E-state index contributed by atoms with van der Waals surface area (Å²) in [6, 6.07) is 0. The SMILES string of the molecule is CCCCC(C)C1CCC2C3C(O)C(CC)C4CC(O)CCC4(C)C3CC(O)C12C. The first-order valence-electron chi connectivity index (χ1n) is 13.2. The van der Waals surface area contributed by atoms with Gasteiger partial charge in [-0.05, 0) is 90.8 Å². The fourth-order valence-electron chi connectivity index (χ4n) is 9.62. The fourth-order valence-corrected chi connectivity index (χ4v) is 9.62. The molecule has 4 aliphatic rings. The molecule has 0 aromatic heterocycles. The molecule has 0 heterocycles. The Labute approximate surface area is 185 Å². The highest BCUT2D eigenvalue weighted by Gasteiger charge is 2.67. The van der Waals surface area contributed by atoms with Gasteiger partial charge >= 0.3 is 0 Å². The molecular formula is C27H48O3. The molecule has 0 aromatic rings. The van der Waals surface area contributed by atoms with Crippen molar-refractivity contribution in [2.75, 3.05) is 0 Å². The molecule has 4 aliphatic carbocycles. The van der Waals surface area contributed by atoms with Gasteiger partial charge in [-0.1, -0.05) is 60.3 Å². The maximum Gasteiger partial charge on any atom is 0.0605 e. The zero-order valence-electron chi connectivity index (χ0n) is 20.2. The second-order valence-corrected chi connectivity index (χ2v) is 12.3. The Morgan fingerprint density at radius 3 is 2.33 bits per heavy atom. The maximum absolute atomic E-state index is 11.8. The minimum atomic E-state index is -0.273. The van der Waals surface area contributed by atoms with Crippen LogP contribution in [0.5, 0.6) is 0 Å². The zero-order valence-corrected chi connectivity index (χ0v) is 20.2. The highest BCUT2D eigenvalue weighted by Crippen LogP contribution is 2.69. The molecule has 4 fully saturated rings. The van der Waals surface area contributed by atoms with Crippen LogP contribution in [-0.4, -0.2) is 33.6 Å². The fraction of sp³-hybridized carbons (Fsp3) is 1.00. The molecule has 3 N–H and O–H groups in total. The molecule has 3 nitrogen and oxygen atoms in total. The second kappa shape index (κ2) is 8.34. The van der Waals surface area contributed by atoms with Crippen LogP contribution in [0, 0.1) is 52.3 Å². The number of unbranched alkanes of at least 4 members (excludes halogenated alkanes) is 1. The van der Waals surface area contributed by atoms with Gasteiger partial charge < -0.3 is 15.3 Å². The molecule has 30 heavy (non-hydrogen) atoms. The lowest BCUT2D eigenvalue weighted by Gasteiger charge is -2.65. The molecule has 0 aliphatic heterocycles. The highest BCUT2D eigenvalue weighted by atomic mass is 16.3. The Morgan fingerprint density at radius 1 is 0.933 bits per heavy atom. The average molecular weight is 421 g/mol. The van der Waals surface area contributed by atoms with Gasteiger partial charge in [0.25, 0.3) is 0 Å². The van der Waals surface area contributed by atoms with Crippen molar-refractivity contribution in [1.29, 1.82) is 0 Å². The number of aliphatic hydroxyl groups excluding tert-OH is 3. The largest absolute Gasteiger partial charge is 0.393 e. The predicted octanol–water partition coefficient (Wildman–Crippen LogP) is 5.41. The summed E-state index contributed by atoms with van der Waals surface area (Å²) in [5.74, 6) is 3.07. The molecule has 12 unspecified atom stereocenters. The summed E-state index contributed by atoms with van der Waals surface area (Å²) >= 11 is 0. The molecule has 3 heteroatoms. The van der Waals surface area contributed by atoms with Gasteiger partial charge in [0.2, 0.25) is 0 Å². The number of fused-ring (bicyclic) bond motifs is 5. The summed E-state index contributed by atoms with van der Waals surface area (Å²) in [6.45, 7) is 11.7. The molecule has 0 spiro atoms. The molecule has 0 aromatic carbocycles. The van der Waals surface area contributed by atoms with E-state index in [1.807, 2.05) is 0 Å². The normalized spacial score (nSPS) is 54.2. The van der Waals surface area contributed by atoms with E-state index >= 15 is 0 Å². The first-order valence-corrected chi connectivity index (χ1v) is 13.2. The summed E-state index contributed by atoms with van der Waals surface area (Å²) in [4.78, 5) is 0. The van der Waals surface area contributed by atoms with Crippen molar-refractivity contribution in [1.82, 2.24) is 0 Å². The summed E-state index contributed by atoms with van der Waals surface area (Å²) in [5, 5.41) is 33.8.